The number of hydrazone groups is 1. The van der Waals surface area contributed by atoms with Crippen molar-refractivity contribution >= 4 is 49.9 Å². The number of ether oxygens (including phenoxy) is 2. The molecule has 10 nitrogen and oxygen atoms in total. The van der Waals surface area contributed by atoms with Crippen LogP contribution in [0.2, 0.25) is 0 Å². The third-order valence-electron chi connectivity index (χ3n) is 7.46. The summed E-state index contributed by atoms with van der Waals surface area (Å²) in [5.41, 5.74) is 6.42. The second-order valence-electron chi connectivity index (χ2n) is 11.2. The minimum Gasteiger partial charge on any atom is -0.493 e. The number of hydrogen-bond donors (Lipinski definition) is 1. The molecule has 2 aliphatic heterocycles. The molecule has 5 rings (SSSR count). The predicted octanol–water partition coefficient (Wildman–Crippen LogP) is 5.76. The summed E-state index contributed by atoms with van der Waals surface area (Å²) in [5.74, 6) is 2.02. The highest BCUT2D eigenvalue weighted by molar-refractivity contribution is 8.15. The number of sulfonamides is 1. The number of hydrogen-bond acceptors (Lipinski definition) is 8. The molecule has 0 aliphatic carbocycles. The molecule has 2 heterocycles. The van der Waals surface area contributed by atoms with Crippen molar-refractivity contribution in [2.24, 2.45) is 10.1 Å². The summed E-state index contributed by atoms with van der Waals surface area (Å²) in [6, 6.07) is 19.4. The molecule has 1 N–H and O–H groups in total. The number of nitrogens with one attached hydrogen (secondary N) is 1. The lowest BCUT2D eigenvalue weighted by atomic mass is 9.93. The number of carbonyl (C=O) groups is 1. The maximum atomic E-state index is 12.3. The number of carbonyl (C=O) groups excluding carboxylic acids is 1. The molecule has 0 saturated carbocycles. The number of benzene rings is 3. The van der Waals surface area contributed by atoms with Crippen LogP contribution in [0.3, 0.4) is 0 Å². The summed E-state index contributed by atoms with van der Waals surface area (Å²) in [4.78, 5) is 19.7. The third-order valence-corrected chi connectivity index (χ3v) is 9.21. The second kappa shape index (κ2) is 12.5. The van der Waals surface area contributed by atoms with Gasteiger partial charge in [0.1, 0.15) is 5.84 Å². The van der Waals surface area contributed by atoms with Crippen molar-refractivity contribution < 1.29 is 22.7 Å². The van der Waals surface area contributed by atoms with Gasteiger partial charge in [-0.25, -0.2) is 13.4 Å². The van der Waals surface area contributed by atoms with E-state index in [2.05, 4.69) is 32.9 Å². The minimum atomic E-state index is -3.36. The molecule has 0 spiro atoms. The number of methoxy groups -OCH3 is 2. The summed E-state index contributed by atoms with van der Waals surface area (Å²) in [6.07, 6.45) is 2.96. The highest BCUT2D eigenvalue weighted by atomic mass is 32.2. The molecular weight excluding hydrogens is 599 g/mol. The van der Waals surface area contributed by atoms with Gasteiger partial charge in [-0.1, -0.05) is 30.0 Å². The van der Waals surface area contributed by atoms with Crippen molar-refractivity contribution in [3.8, 4) is 11.5 Å². The zero-order valence-corrected chi connectivity index (χ0v) is 27.4. The lowest BCUT2D eigenvalue weighted by Crippen LogP contribution is -2.40. The van der Waals surface area contributed by atoms with Gasteiger partial charge in [0.2, 0.25) is 10.0 Å². The molecule has 0 atom stereocenters. The summed E-state index contributed by atoms with van der Waals surface area (Å²) < 4.78 is 36.4. The fourth-order valence-corrected chi connectivity index (χ4v) is 6.81. The molecule has 44 heavy (non-hydrogen) atoms. The number of anilines is 2. The Kier molecular flexibility index (Phi) is 8.94. The first-order chi connectivity index (χ1) is 20.9. The first kappa shape index (κ1) is 31.4. The molecular formula is C32H37N5O5S2. The molecule has 3 aromatic rings. The standard InChI is InChI=1S/C32H37N5O5S2/c1-32(2)29(34-36(3)31(38)43-32)23-11-15-26-22(18-23)8-7-17-37(26)30(24-12-16-27(41-4)28(19-24)42-5)33-20-21-9-13-25(14-10-21)35-44(6,39)40/h9-16,18-19,35H,7-8,17,20H2,1-6H3. The Labute approximate surface area is 263 Å². The van der Waals surface area contributed by atoms with Gasteiger partial charge in [0.05, 0.1) is 37.5 Å². The maximum Gasteiger partial charge on any atom is 0.302 e. The van der Waals surface area contributed by atoms with Gasteiger partial charge in [-0.2, -0.15) is 5.10 Å². The first-order valence-electron chi connectivity index (χ1n) is 14.2. The fraction of sp³-hybridized carbons (Fsp3) is 0.344. The normalized spacial score (nSPS) is 16.7. The number of amides is 1. The second-order valence-corrected chi connectivity index (χ2v) is 14.6. The Bertz CT molecular complexity index is 1740. The van der Waals surface area contributed by atoms with Crippen molar-refractivity contribution in [3.05, 3.63) is 82.9 Å². The Balaban J connectivity index is 1.54. The van der Waals surface area contributed by atoms with Crippen LogP contribution in [0.4, 0.5) is 16.2 Å². The molecule has 0 bridgehead atoms. The molecule has 232 valence electrons. The summed E-state index contributed by atoms with van der Waals surface area (Å²) in [6.45, 7) is 5.21. The number of aryl methyl sites for hydroxylation is 1. The number of nitrogens with zero attached hydrogens (tertiary/aromatic N) is 4. The van der Waals surface area contributed by atoms with Crippen LogP contribution >= 0.6 is 11.8 Å². The topological polar surface area (TPSA) is 113 Å². The van der Waals surface area contributed by atoms with Gasteiger partial charge in [-0.05, 0) is 85.8 Å². The van der Waals surface area contributed by atoms with E-state index in [0.717, 1.165) is 59.6 Å². The highest BCUT2D eigenvalue weighted by Gasteiger charge is 2.37. The predicted molar refractivity (Wildman–Crippen MR) is 178 cm³/mol. The van der Waals surface area contributed by atoms with Gasteiger partial charge in [0.25, 0.3) is 0 Å². The number of amidine groups is 1. The quantitative estimate of drug-likeness (QED) is 0.248. The van der Waals surface area contributed by atoms with Gasteiger partial charge in [-0.3, -0.25) is 14.5 Å². The fourth-order valence-electron chi connectivity index (χ4n) is 5.38. The monoisotopic (exact) mass is 635 g/mol. The Morgan fingerprint density at radius 1 is 1.05 bits per heavy atom. The van der Waals surface area contributed by atoms with Crippen LogP contribution in [0.1, 0.15) is 42.5 Å². The van der Waals surface area contributed by atoms with E-state index in [1.54, 1.807) is 33.4 Å². The van der Waals surface area contributed by atoms with E-state index < -0.39 is 14.8 Å². The van der Waals surface area contributed by atoms with Gasteiger partial charge in [-0.15, -0.1) is 0 Å². The molecule has 12 heteroatoms. The van der Waals surface area contributed by atoms with E-state index in [0.29, 0.717) is 23.7 Å². The van der Waals surface area contributed by atoms with Crippen LogP contribution in [0.15, 0.2) is 70.8 Å². The van der Waals surface area contributed by atoms with Crippen molar-refractivity contribution in [3.63, 3.8) is 0 Å². The first-order valence-corrected chi connectivity index (χ1v) is 16.9. The number of fused-ring (bicyclic) bond motifs is 1. The summed E-state index contributed by atoms with van der Waals surface area (Å²) >= 11 is 1.28. The minimum absolute atomic E-state index is 0.0695. The molecule has 0 radical (unpaired) electrons. The van der Waals surface area contributed by atoms with E-state index in [9.17, 15) is 13.2 Å². The Morgan fingerprint density at radius 2 is 1.77 bits per heavy atom. The molecule has 3 aromatic carbocycles. The molecule has 0 fully saturated rings. The highest BCUT2D eigenvalue weighted by Crippen LogP contribution is 2.38. The Morgan fingerprint density at radius 3 is 2.45 bits per heavy atom. The smallest absolute Gasteiger partial charge is 0.302 e. The van der Waals surface area contributed by atoms with Gasteiger partial charge < -0.3 is 14.4 Å². The van der Waals surface area contributed by atoms with E-state index in [4.69, 9.17) is 14.5 Å². The average Bonchev–Trinajstić information content (AvgIpc) is 2.98. The van der Waals surface area contributed by atoms with E-state index in [-0.39, 0.29) is 5.24 Å². The number of rotatable bonds is 8. The molecule has 0 saturated heterocycles. The summed E-state index contributed by atoms with van der Waals surface area (Å²) in [7, 11) is 1.55. The molecule has 0 unspecified atom stereocenters. The van der Waals surface area contributed by atoms with Crippen LogP contribution in [0.5, 0.6) is 11.5 Å². The van der Waals surface area contributed by atoms with E-state index in [1.165, 1.54) is 22.3 Å². The van der Waals surface area contributed by atoms with Gasteiger partial charge in [0.15, 0.2) is 11.5 Å². The van der Waals surface area contributed by atoms with Crippen LogP contribution in [0, 0.1) is 0 Å². The SMILES string of the molecule is COc1ccc(C(=NCc2ccc(NS(C)(=O)=O)cc2)N2CCCc3cc(C4=NN(C)C(=O)SC4(C)C)ccc32)cc1OC. The summed E-state index contributed by atoms with van der Waals surface area (Å²) in [5, 5.41) is 5.98. The van der Waals surface area contributed by atoms with E-state index in [1.807, 2.05) is 44.2 Å². The molecule has 0 aromatic heterocycles. The number of aliphatic imine (C=N–C) groups is 1. The lowest BCUT2D eigenvalue weighted by Gasteiger charge is -2.35. The lowest BCUT2D eigenvalue weighted by molar-refractivity contribution is 0.234. The van der Waals surface area contributed by atoms with E-state index >= 15 is 0 Å². The average molecular weight is 636 g/mol. The van der Waals surface area contributed by atoms with Crippen molar-refractivity contribution in [1.82, 2.24) is 5.01 Å². The van der Waals surface area contributed by atoms with Crippen molar-refractivity contribution in [1.29, 1.82) is 0 Å². The van der Waals surface area contributed by atoms with Crippen LogP contribution in [0.25, 0.3) is 0 Å². The van der Waals surface area contributed by atoms with Gasteiger partial charge in [0, 0.05) is 30.5 Å². The van der Waals surface area contributed by atoms with Gasteiger partial charge >= 0.3 is 5.24 Å². The molecule has 2 aliphatic rings. The Hall–Kier alpha value is -4.03. The zero-order chi connectivity index (χ0) is 31.6. The maximum absolute atomic E-state index is 12.3. The van der Waals surface area contributed by atoms with Crippen LogP contribution < -0.4 is 19.1 Å². The number of thioether (sulfide) groups is 1. The van der Waals surface area contributed by atoms with Crippen LogP contribution in [-0.4, -0.2) is 69.0 Å². The van der Waals surface area contributed by atoms with Crippen molar-refractivity contribution in [2.75, 3.05) is 43.7 Å². The third kappa shape index (κ3) is 6.86. The zero-order valence-electron chi connectivity index (χ0n) is 25.7. The molecule has 1 amide bonds. The van der Waals surface area contributed by atoms with Crippen LogP contribution in [-0.2, 0) is 23.0 Å². The van der Waals surface area contributed by atoms with Crippen molar-refractivity contribution in [2.45, 2.75) is 38.0 Å². The largest absolute Gasteiger partial charge is 0.493 e.